The van der Waals surface area contributed by atoms with Crippen LogP contribution in [0.4, 0.5) is 18.9 Å². The molecule has 1 aliphatic rings. The lowest BCUT2D eigenvalue weighted by atomic mass is 10.1. The van der Waals surface area contributed by atoms with Gasteiger partial charge in [0.05, 0.1) is 17.1 Å². The predicted octanol–water partition coefficient (Wildman–Crippen LogP) is 3.11. The van der Waals surface area contributed by atoms with Gasteiger partial charge in [0, 0.05) is 19.0 Å². The number of carbonyl (C=O) groups is 2. The number of amides is 2. The van der Waals surface area contributed by atoms with Crippen molar-refractivity contribution in [1.82, 2.24) is 4.90 Å². The molecule has 1 aromatic rings. The first-order valence-electron chi connectivity index (χ1n) is 8.40. The molecule has 1 N–H and O–H groups in total. The molecule has 1 aliphatic carbocycles. The van der Waals surface area contributed by atoms with E-state index >= 15 is 0 Å². The Kier molecular flexibility index (Phi) is 6.34. The van der Waals surface area contributed by atoms with Crippen LogP contribution >= 0.6 is 11.6 Å². The highest BCUT2D eigenvalue weighted by molar-refractivity contribution is 7.92. The molecular formula is C17H20ClF3N2O4S. The van der Waals surface area contributed by atoms with Crippen LogP contribution in [0.1, 0.15) is 31.2 Å². The van der Waals surface area contributed by atoms with Crippen LogP contribution in [-0.2, 0) is 25.6 Å². The summed E-state index contributed by atoms with van der Waals surface area (Å²) in [6, 6.07) is 2.90. The third-order valence-corrected chi connectivity index (χ3v) is 7.13. The number of hydrogen-bond donors (Lipinski definition) is 1. The number of nitrogens with zero attached hydrogens (tertiary/aromatic N) is 1. The van der Waals surface area contributed by atoms with Crippen LogP contribution in [0, 0.1) is 0 Å². The Morgan fingerprint density at radius 3 is 2.32 bits per heavy atom. The molecule has 0 bridgehead atoms. The van der Waals surface area contributed by atoms with Crippen molar-refractivity contribution in [3.05, 3.63) is 28.8 Å². The molecule has 11 heteroatoms. The summed E-state index contributed by atoms with van der Waals surface area (Å²) < 4.78 is 61.5. The second-order valence-corrected chi connectivity index (χ2v) is 9.61. The van der Waals surface area contributed by atoms with E-state index in [0.29, 0.717) is 18.9 Å². The number of sulfone groups is 1. The van der Waals surface area contributed by atoms with Gasteiger partial charge < -0.3 is 10.2 Å². The fourth-order valence-electron chi connectivity index (χ4n) is 3.35. The minimum absolute atomic E-state index is 0.138. The summed E-state index contributed by atoms with van der Waals surface area (Å²) in [5.41, 5.74) is -1.24. The molecule has 0 heterocycles. The summed E-state index contributed by atoms with van der Waals surface area (Å²) in [5.74, 6) is -1.44. The lowest BCUT2D eigenvalue weighted by Crippen LogP contribution is -2.52. The van der Waals surface area contributed by atoms with Crippen molar-refractivity contribution in [2.24, 2.45) is 0 Å². The highest BCUT2D eigenvalue weighted by Gasteiger charge is 2.51. The second-order valence-electron chi connectivity index (χ2n) is 6.88. The molecule has 156 valence electrons. The Balaban J connectivity index is 2.12. The fraction of sp³-hybridized carbons (Fsp3) is 0.529. The zero-order valence-electron chi connectivity index (χ0n) is 15.3. The maximum Gasteiger partial charge on any atom is 0.417 e. The Morgan fingerprint density at radius 2 is 1.82 bits per heavy atom. The van der Waals surface area contributed by atoms with E-state index in [-0.39, 0.29) is 18.5 Å². The molecule has 28 heavy (non-hydrogen) atoms. The molecule has 0 aromatic heterocycles. The molecule has 0 unspecified atom stereocenters. The van der Waals surface area contributed by atoms with Gasteiger partial charge in [-0.3, -0.25) is 9.59 Å². The minimum atomic E-state index is -4.69. The number of likely N-dealkylation sites (N-methyl/N-ethyl adjacent to an activating group) is 1. The van der Waals surface area contributed by atoms with E-state index in [1.165, 1.54) is 13.1 Å². The van der Waals surface area contributed by atoms with E-state index in [0.717, 1.165) is 17.2 Å². The summed E-state index contributed by atoms with van der Waals surface area (Å²) in [4.78, 5) is 25.9. The maximum atomic E-state index is 12.9. The van der Waals surface area contributed by atoms with Gasteiger partial charge in [-0.1, -0.05) is 24.4 Å². The van der Waals surface area contributed by atoms with E-state index in [9.17, 15) is 31.2 Å². The molecule has 0 saturated heterocycles. The summed E-state index contributed by atoms with van der Waals surface area (Å²) in [6.45, 7) is -0.500. The number of halogens is 4. The fourth-order valence-corrected chi connectivity index (χ4v) is 5.07. The largest absolute Gasteiger partial charge is 0.417 e. The van der Waals surface area contributed by atoms with Gasteiger partial charge in [-0.05, 0) is 31.0 Å². The monoisotopic (exact) mass is 440 g/mol. The van der Waals surface area contributed by atoms with Crippen molar-refractivity contribution in [2.45, 2.75) is 36.6 Å². The van der Waals surface area contributed by atoms with Crippen molar-refractivity contribution in [3.63, 3.8) is 0 Å². The lowest BCUT2D eigenvalue weighted by Gasteiger charge is -2.30. The van der Waals surface area contributed by atoms with Crippen molar-refractivity contribution in [3.8, 4) is 0 Å². The number of nitrogens with one attached hydrogen (secondary N) is 1. The number of rotatable bonds is 5. The van der Waals surface area contributed by atoms with E-state index < -0.39 is 49.7 Å². The average molecular weight is 441 g/mol. The Hall–Kier alpha value is -1.81. The van der Waals surface area contributed by atoms with Crippen molar-refractivity contribution < 1.29 is 31.2 Å². The molecule has 6 nitrogen and oxygen atoms in total. The normalized spacial score (nSPS) is 16.6. The van der Waals surface area contributed by atoms with Crippen LogP contribution in [0.25, 0.3) is 0 Å². The zero-order valence-corrected chi connectivity index (χ0v) is 16.8. The first-order valence-corrected chi connectivity index (χ1v) is 10.7. The number of hydrogen-bond acceptors (Lipinski definition) is 4. The molecule has 1 aromatic carbocycles. The number of anilines is 1. The Bertz CT molecular complexity index is 881. The summed E-state index contributed by atoms with van der Waals surface area (Å²) in [6.07, 6.45) is -2.15. The smallest absolute Gasteiger partial charge is 0.335 e. The molecule has 0 radical (unpaired) electrons. The molecular weight excluding hydrogens is 421 g/mol. The molecule has 1 fully saturated rings. The van der Waals surface area contributed by atoms with E-state index in [1.807, 2.05) is 0 Å². The van der Waals surface area contributed by atoms with Gasteiger partial charge in [0.2, 0.25) is 11.8 Å². The minimum Gasteiger partial charge on any atom is -0.335 e. The van der Waals surface area contributed by atoms with Crippen molar-refractivity contribution >= 4 is 38.9 Å². The molecule has 2 amide bonds. The predicted molar refractivity (Wildman–Crippen MR) is 98.8 cm³/mol. The average Bonchev–Trinajstić information content (AvgIpc) is 3.05. The summed E-state index contributed by atoms with van der Waals surface area (Å²) >= 11 is 5.53. The number of alkyl halides is 3. The van der Waals surface area contributed by atoms with Gasteiger partial charge in [0.15, 0.2) is 14.6 Å². The van der Waals surface area contributed by atoms with Gasteiger partial charge in [-0.2, -0.15) is 13.2 Å². The van der Waals surface area contributed by atoms with E-state index in [4.69, 9.17) is 11.6 Å². The van der Waals surface area contributed by atoms with Gasteiger partial charge in [0.1, 0.15) is 0 Å². The highest BCUT2D eigenvalue weighted by atomic mass is 35.5. The lowest BCUT2D eigenvalue weighted by molar-refractivity contribution is -0.137. The summed E-state index contributed by atoms with van der Waals surface area (Å²) in [5, 5.41) is 1.76. The van der Waals surface area contributed by atoms with Gasteiger partial charge >= 0.3 is 6.18 Å². The number of benzene rings is 1. The van der Waals surface area contributed by atoms with Crippen LogP contribution in [0.15, 0.2) is 18.2 Å². The van der Waals surface area contributed by atoms with Crippen LogP contribution in [0.5, 0.6) is 0 Å². The van der Waals surface area contributed by atoms with Crippen LogP contribution in [-0.4, -0.2) is 49.7 Å². The van der Waals surface area contributed by atoms with Crippen LogP contribution in [0.2, 0.25) is 5.02 Å². The third-order valence-electron chi connectivity index (χ3n) is 4.79. The first kappa shape index (κ1) is 22.5. The van der Waals surface area contributed by atoms with E-state index in [2.05, 4.69) is 5.32 Å². The van der Waals surface area contributed by atoms with Crippen LogP contribution in [0.3, 0.4) is 0 Å². The zero-order chi connectivity index (χ0) is 21.3. The molecule has 2 rings (SSSR count). The first-order chi connectivity index (χ1) is 12.8. The SMILES string of the molecule is CN(CC(=O)Nc1ccc(Cl)c(C(F)(F)F)c1)C(=O)C1(S(C)(=O)=O)CCCC1. The third kappa shape index (κ3) is 4.60. The maximum absolute atomic E-state index is 12.9. The van der Waals surface area contributed by atoms with Gasteiger partial charge in [0.25, 0.3) is 0 Å². The summed E-state index contributed by atoms with van der Waals surface area (Å²) in [7, 11) is -2.40. The Morgan fingerprint density at radius 1 is 1.25 bits per heavy atom. The van der Waals surface area contributed by atoms with E-state index in [1.54, 1.807) is 0 Å². The standard InChI is InChI=1S/C17H20ClF3N2O4S/c1-23(15(25)16(28(2,26)27)7-3-4-8-16)10-14(24)22-11-5-6-13(18)12(9-11)17(19,20)21/h5-6,9H,3-4,7-8,10H2,1-2H3,(H,22,24). The molecule has 0 spiro atoms. The molecule has 1 saturated carbocycles. The van der Waals surface area contributed by atoms with Crippen LogP contribution < -0.4 is 5.32 Å². The van der Waals surface area contributed by atoms with Crippen molar-refractivity contribution in [1.29, 1.82) is 0 Å². The number of carbonyl (C=O) groups excluding carboxylic acids is 2. The molecule has 0 atom stereocenters. The second kappa shape index (κ2) is 7.90. The van der Waals surface area contributed by atoms with Gasteiger partial charge in [-0.15, -0.1) is 0 Å². The topological polar surface area (TPSA) is 83.6 Å². The molecule has 0 aliphatic heterocycles. The van der Waals surface area contributed by atoms with Crippen molar-refractivity contribution in [2.75, 3.05) is 25.2 Å². The Labute approximate surface area is 165 Å². The highest BCUT2D eigenvalue weighted by Crippen LogP contribution is 2.38. The van der Waals surface area contributed by atoms with Gasteiger partial charge in [-0.25, -0.2) is 8.42 Å². The quantitative estimate of drug-likeness (QED) is 0.762.